The molecule has 0 bridgehead atoms. The topological polar surface area (TPSA) is 122 Å². The van der Waals surface area contributed by atoms with Gasteiger partial charge >= 0.3 is 0 Å². The molecule has 0 radical (unpaired) electrons. The molecule has 1 amide bonds. The van der Waals surface area contributed by atoms with Crippen LogP contribution in [0, 0.1) is 0 Å². The number of benzene rings is 1. The van der Waals surface area contributed by atoms with Crippen molar-refractivity contribution in [2.24, 2.45) is 5.10 Å². The van der Waals surface area contributed by atoms with Gasteiger partial charge in [-0.15, -0.1) is 10.2 Å². The van der Waals surface area contributed by atoms with Gasteiger partial charge in [0.1, 0.15) is 6.20 Å². The van der Waals surface area contributed by atoms with E-state index in [1.807, 2.05) is 20.8 Å². The average Bonchev–Trinajstić information content (AvgIpc) is 2.68. The number of hydrazone groups is 1. The number of hydrogen-bond acceptors (Lipinski definition) is 8. The maximum atomic E-state index is 12.1. The van der Waals surface area contributed by atoms with Crippen LogP contribution in [0.4, 0.5) is 5.95 Å². The van der Waals surface area contributed by atoms with Gasteiger partial charge in [0.2, 0.25) is 5.95 Å². The first-order chi connectivity index (χ1) is 13.6. The molecule has 2 aromatic rings. The van der Waals surface area contributed by atoms with Gasteiger partial charge in [0, 0.05) is 13.1 Å². The summed E-state index contributed by atoms with van der Waals surface area (Å²) in [6.45, 7) is 7.36. The van der Waals surface area contributed by atoms with E-state index in [2.05, 4.69) is 25.7 Å². The molecule has 150 valence electrons. The fourth-order valence-corrected chi connectivity index (χ4v) is 2.33. The summed E-state index contributed by atoms with van der Waals surface area (Å²) < 4.78 is 11.2. The highest BCUT2D eigenvalue weighted by Crippen LogP contribution is 2.28. The number of nitrogens with zero attached hydrogens (tertiary/aromatic N) is 4. The Labute approximate surface area is 162 Å². The van der Waals surface area contributed by atoms with E-state index in [9.17, 15) is 9.59 Å². The first kappa shape index (κ1) is 20.9. The van der Waals surface area contributed by atoms with Crippen LogP contribution in [-0.2, 0) is 4.79 Å². The molecular formula is C18H24N6O4. The van der Waals surface area contributed by atoms with Gasteiger partial charge in [0.05, 0.1) is 12.8 Å². The minimum absolute atomic E-state index is 0.0587. The Hall–Kier alpha value is -3.43. The molecule has 0 atom stereocenters. The molecule has 2 rings (SSSR count). The molecule has 10 heteroatoms. The summed E-state index contributed by atoms with van der Waals surface area (Å²) in [7, 11) is 0. The summed E-state index contributed by atoms with van der Waals surface area (Å²) in [5.74, 6) is 1.03. The molecule has 28 heavy (non-hydrogen) atoms. The highest BCUT2D eigenvalue weighted by molar-refractivity contribution is 5.81. The molecule has 0 aliphatic rings. The van der Waals surface area contributed by atoms with Crippen LogP contribution in [0.15, 0.2) is 34.3 Å². The molecule has 2 N–H and O–H groups in total. The number of anilines is 1. The van der Waals surface area contributed by atoms with Crippen LogP contribution in [0.25, 0.3) is 0 Å². The zero-order valence-corrected chi connectivity index (χ0v) is 16.1. The van der Waals surface area contributed by atoms with Gasteiger partial charge in [-0.05, 0) is 44.5 Å². The zero-order chi connectivity index (χ0) is 20.4. The lowest BCUT2D eigenvalue weighted by molar-refractivity contribution is -0.132. The summed E-state index contributed by atoms with van der Waals surface area (Å²) in [6.07, 6.45) is 2.59. The van der Waals surface area contributed by atoms with Crippen LogP contribution in [0.2, 0.25) is 0 Å². The molecule has 0 aliphatic heterocycles. The summed E-state index contributed by atoms with van der Waals surface area (Å²) >= 11 is 0. The van der Waals surface area contributed by atoms with Crippen LogP contribution in [-0.4, -0.2) is 58.5 Å². The van der Waals surface area contributed by atoms with Crippen molar-refractivity contribution in [1.29, 1.82) is 0 Å². The van der Waals surface area contributed by atoms with Gasteiger partial charge in [0.25, 0.3) is 11.5 Å². The minimum Gasteiger partial charge on any atom is -0.490 e. The monoisotopic (exact) mass is 388 g/mol. The summed E-state index contributed by atoms with van der Waals surface area (Å²) in [5.41, 5.74) is 2.93. The first-order valence-electron chi connectivity index (χ1n) is 8.95. The van der Waals surface area contributed by atoms with E-state index in [1.165, 1.54) is 6.21 Å². The first-order valence-corrected chi connectivity index (χ1v) is 8.95. The lowest BCUT2D eigenvalue weighted by Crippen LogP contribution is -2.34. The van der Waals surface area contributed by atoms with Crippen LogP contribution in [0.1, 0.15) is 26.3 Å². The van der Waals surface area contributed by atoms with Crippen molar-refractivity contribution in [2.45, 2.75) is 20.8 Å². The quantitative estimate of drug-likeness (QED) is 0.464. The Morgan fingerprint density at radius 1 is 1.25 bits per heavy atom. The third-order valence-corrected chi connectivity index (χ3v) is 3.69. The second kappa shape index (κ2) is 10.7. The maximum absolute atomic E-state index is 12.1. The Balaban J connectivity index is 2.05. The van der Waals surface area contributed by atoms with E-state index >= 15 is 0 Å². The summed E-state index contributed by atoms with van der Waals surface area (Å²) in [5, 5.41) is 11.2. The fourth-order valence-electron chi connectivity index (χ4n) is 2.33. The van der Waals surface area contributed by atoms with E-state index < -0.39 is 0 Å². The number of aromatic nitrogens is 3. The number of amides is 1. The van der Waals surface area contributed by atoms with E-state index in [0.717, 1.165) is 11.8 Å². The normalized spacial score (nSPS) is 10.7. The number of likely N-dealkylation sites (N-methyl/N-ethyl adjacent to an activating group) is 1. The minimum atomic E-state index is -0.382. The lowest BCUT2D eigenvalue weighted by atomic mass is 10.2. The van der Waals surface area contributed by atoms with Crippen molar-refractivity contribution in [2.75, 3.05) is 31.7 Å². The zero-order valence-electron chi connectivity index (χ0n) is 16.1. The molecule has 0 unspecified atom stereocenters. The van der Waals surface area contributed by atoms with E-state index in [0.29, 0.717) is 31.2 Å². The SMILES string of the molecule is CCOc1cc(/C=N/Nc2nncc(=O)[nH]2)ccc1OCC(=O)N(CC)CC. The number of aromatic amines is 1. The number of carbonyl (C=O) groups is 1. The van der Waals surface area contributed by atoms with Gasteiger partial charge < -0.3 is 14.4 Å². The average molecular weight is 388 g/mol. The van der Waals surface area contributed by atoms with Crippen molar-refractivity contribution < 1.29 is 14.3 Å². The summed E-state index contributed by atoms with van der Waals surface area (Å²) in [6, 6.07) is 5.22. The molecule has 10 nitrogen and oxygen atoms in total. The molecule has 0 fully saturated rings. The number of carbonyl (C=O) groups excluding carboxylic acids is 1. The van der Waals surface area contributed by atoms with Crippen molar-refractivity contribution in [3.63, 3.8) is 0 Å². The van der Waals surface area contributed by atoms with Crippen LogP contribution in [0.5, 0.6) is 11.5 Å². The van der Waals surface area contributed by atoms with Crippen LogP contribution in [0.3, 0.4) is 0 Å². The Morgan fingerprint density at radius 2 is 2.04 bits per heavy atom. The Morgan fingerprint density at radius 3 is 2.71 bits per heavy atom. The predicted octanol–water partition coefficient (Wildman–Crippen LogP) is 1.26. The molecule has 1 aromatic heterocycles. The number of hydrogen-bond donors (Lipinski definition) is 2. The van der Waals surface area contributed by atoms with Gasteiger partial charge in [-0.2, -0.15) is 5.10 Å². The van der Waals surface area contributed by atoms with Crippen molar-refractivity contribution >= 4 is 18.1 Å². The lowest BCUT2D eigenvalue weighted by Gasteiger charge is -2.19. The van der Waals surface area contributed by atoms with Crippen molar-refractivity contribution in [1.82, 2.24) is 20.1 Å². The maximum Gasteiger partial charge on any atom is 0.271 e. The molecule has 1 heterocycles. The van der Waals surface area contributed by atoms with Gasteiger partial charge in [-0.1, -0.05) is 0 Å². The second-order valence-electron chi connectivity index (χ2n) is 5.55. The van der Waals surface area contributed by atoms with Gasteiger partial charge in [0.15, 0.2) is 18.1 Å². The number of nitrogens with one attached hydrogen (secondary N) is 2. The number of rotatable bonds is 10. The second-order valence-corrected chi connectivity index (χ2v) is 5.55. The van der Waals surface area contributed by atoms with E-state index in [-0.39, 0.29) is 24.0 Å². The molecule has 0 saturated carbocycles. The van der Waals surface area contributed by atoms with Crippen molar-refractivity contribution in [3.05, 3.63) is 40.3 Å². The van der Waals surface area contributed by atoms with E-state index in [4.69, 9.17) is 9.47 Å². The van der Waals surface area contributed by atoms with Crippen LogP contribution >= 0.6 is 0 Å². The molecule has 1 aromatic carbocycles. The third kappa shape index (κ3) is 6.08. The largest absolute Gasteiger partial charge is 0.490 e. The smallest absolute Gasteiger partial charge is 0.271 e. The Bertz CT molecular complexity index is 863. The van der Waals surface area contributed by atoms with Crippen molar-refractivity contribution in [3.8, 4) is 11.5 Å². The molecule has 0 saturated heterocycles. The predicted molar refractivity (Wildman–Crippen MR) is 105 cm³/mol. The molecule has 0 spiro atoms. The van der Waals surface area contributed by atoms with Crippen LogP contribution < -0.4 is 20.5 Å². The Kier molecular flexibility index (Phi) is 7.94. The molecule has 0 aliphatic carbocycles. The summed E-state index contributed by atoms with van der Waals surface area (Å²) in [4.78, 5) is 27.4. The highest BCUT2D eigenvalue weighted by Gasteiger charge is 2.12. The fraction of sp³-hybridized carbons (Fsp3) is 0.389. The molecular weight excluding hydrogens is 364 g/mol. The highest BCUT2D eigenvalue weighted by atomic mass is 16.5. The number of ether oxygens (including phenoxy) is 2. The van der Waals surface area contributed by atoms with E-state index in [1.54, 1.807) is 23.1 Å². The van der Waals surface area contributed by atoms with Gasteiger partial charge in [-0.25, -0.2) is 5.43 Å². The van der Waals surface area contributed by atoms with Gasteiger partial charge in [-0.3, -0.25) is 14.6 Å². The third-order valence-electron chi connectivity index (χ3n) is 3.69. The standard InChI is InChI=1S/C18H24N6O4/c1-4-24(5-2)17(26)12-28-14-8-7-13(9-15(14)27-6-3)10-19-22-18-21-16(25)11-20-23-18/h7-11H,4-6,12H2,1-3H3,(H2,21,22,23,25)/b19-10+. The number of H-pyrrole nitrogens is 1.